The monoisotopic (exact) mass is 250 g/mol. The Morgan fingerprint density at radius 2 is 1.72 bits per heavy atom. The van der Waals surface area contributed by atoms with Crippen LogP contribution in [0, 0.1) is 5.41 Å². The lowest BCUT2D eigenvalue weighted by atomic mass is 9.94. The Morgan fingerprint density at radius 3 is 2.17 bits per heavy atom. The van der Waals surface area contributed by atoms with Crippen molar-refractivity contribution in [3.8, 4) is 0 Å². The molecule has 0 aromatic heterocycles. The highest BCUT2D eigenvalue weighted by Gasteiger charge is 2.08. The molecule has 1 aromatic rings. The van der Waals surface area contributed by atoms with Gasteiger partial charge < -0.3 is 21.3 Å². The zero-order valence-corrected chi connectivity index (χ0v) is 11.3. The molecule has 0 aliphatic rings. The molecule has 4 nitrogen and oxygen atoms in total. The standard InChI is InChI=1S/C13H19BN2.2H2O/c1-10(16(2)3)8-13(15)9-11-4-6-12(14)7-5-11;;/h4-7,10,15H,8-9H2,1-3H3;2*1H2/t10-;;/m0../s1. The van der Waals surface area contributed by atoms with Crippen LogP contribution in [0.4, 0.5) is 0 Å². The van der Waals surface area contributed by atoms with E-state index in [2.05, 4.69) is 11.8 Å². The molecule has 0 saturated heterocycles. The van der Waals surface area contributed by atoms with Crippen molar-refractivity contribution in [2.75, 3.05) is 14.1 Å². The first-order chi connectivity index (χ1) is 7.49. The SMILES string of the molecule is O.O.[B]c1ccc(CC(=N)C[C@H](C)N(C)C)cc1. The molecule has 0 heterocycles. The summed E-state index contributed by atoms with van der Waals surface area (Å²) in [7, 11) is 9.70. The van der Waals surface area contributed by atoms with Crippen molar-refractivity contribution >= 4 is 19.0 Å². The Kier molecular flexibility index (Phi) is 9.44. The van der Waals surface area contributed by atoms with Crippen LogP contribution in [0.3, 0.4) is 0 Å². The van der Waals surface area contributed by atoms with E-state index in [9.17, 15) is 0 Å². The predicted molar refractivity (Wildman–Crippen MR) is 78.3 cm³/mol. The molecule has 0 unspecified atom stereocenters. The van der Waals surface area contributed by atoms with E-state index in [1.54, 1.807) is 0 Å². The lowest BCUT2D eigenvalue weighted by Crippen LogP contribution is -2.27. The molecule has 0 amide bonds. The third kappa shape index (κ3) is 6.54. The van der Waals surface area contributed by atoms with Gasteiger partial charge in [-0.3, -0.25) is 0 Å². The topological polar surface area (TPSA) is 90.1 Å². The minimum Gasteiger partial charge on any atom is -0.412 e. The summed E-state index contributed by atoms with van der Waals surface area (Å²) < 4.78 is 0. The molecule has 5 heteroatoms. The minimum atomic E-state index is 0. The predicted octanol–water partition coefficient (Wildman–Crippen LogP) is -0.267. The van der Waals surface area contributed by atoms with Gasteiger partial charge in [-0.25, -0.2) is 0 Å². The number of rotatable bonds is 5. The maximum atomic E-state index is 7.95. The van der Waals surface area contributed by atoms with Crippen LogP contribution in [0.15, 0.2) is 24.3 Å². The van der Waals surface area contributed by atoms with Gasteiger partial charge in [-0.1, -0.05) is 29.7 Å². The Morgan fingerprint density at radius 1 is 1.22 bits per heavy atom. The fourth-order valence-corrected chi connectivity index (χ4v) is 1.49. The van der Waals surface area contributed by atoms with Gasteiger partial charge >= 0.3 is 0 Å². The van der Waals surface area contributed by atoms with Gasteiger partial charge in [0.05, 0.1) is 0 Å². The lowest BCUT2D eigenvalue weighted by Gasteiger charge is -2.19. The van der Waals surface area contributed by atoms with Crippen LogP contribution < -0.4 is 5.46 Å². The second kappa shape index (κ2) is 8.86. The highest BCUT2D eigenvalue weighted by Crippen LogP contribution is 2.05. The quantitative estimate of drug-likeness (QED) is 0.565. The molecular formula is C13H23BN2O2. The van der Waals surface area contributed by atoms with Gasteiger partial charge in [-0.05, 0) is 26.6 Å². The third-order valence-corrected chi connectivity index (χ3v) is 2.82. The summed E-state index contributed by atoms with van der Waals surface area (Å²) in [5, 5.41) is 7.95. The van der Waals surface area contributed by atoms with Gasteiger partial charge in [0.25, 0.3) is 0 Å². The third-order valence-electron chi connectivity index (χ3n) is 2.82. The molecule has 1 rings (SSSR count). The minimum absolute atomic E-state index is 0. The van der Waals surface area contributed by atoms with Crippen molar-refractivity contribution in [1.82, 2.24) is 4.90 Å². The largest absolute Gasteiger partial charge is 0.412 e. The van der Waals surface area contributed by atoms with Gasteiger partial charge in [0.2, 0.25) is 0 Å². The molecule has 1 aromatic carbocycles. The summed E-state index contributed by atoms with van der Waals surface area (Å²) in [5.74, 6) is 0. The smallest absolute Gasteiger partial charge is 0.113 e. The average molecular weight is 250 g/mol. The van der Waals surface area contributed by atoms with Crippen LogP contribution in [-0.4, -0.2) is 49.5 Å². The summed E-state index contributed by atoms with van der Waals surface area (Å²) in [4.78, 5) is 2.14. The zero-order valence-electron chi connectivity index (χ0n) is 11.3. The zero-order chi connectivity index (χ0) is 12.1. The van der Waals surface area contributed by atoms with E-state index >= 15 is 0 Å². The summed E-state index contributed by atoms with van der Waals surface area (Å²) >= 11 is 0. The Labute approximate surface area is 111 Å². The number of nitrogens with one attached hydrogen (secondary N) is 1. The van der Waals surface area contributed by atoms with E-state index in [1.165, 1.54) is 0 Å². The Balaban J connectivity index is 0. The highest BCUT2D eigenvalue weighted by molar-refractivity contribution is 6.32. The number of benzene rings is 1. The van der Waals surface area contributed by atoms with Gasteiger partial charge in [0.15, 0.2) is 0 Å². The number of nitrogens with zero attached hydrogens (tertiary/aromatic N) is 1. The molecule has 1 atom stereocenters. The summed E-state index contributed by atoms with van der Waals surface area (Å²) in [6.07, 6.45) is 1.54. The first kappa shape index (κ1) is 19.2. The van der Waals surface area contributed by atoms with Crippen LogP contribution in [-0.2, 0) is 6.42 Å². The van der Waals surface area contributed by atoms with Crippen LogP contribution in [0.25, 0.3) is 0 Å². The molecule has 100 valence electrons. The fraction of sp³-hybridized carbons (Fsp3) is 0.462. The molecule has 5 N–H and O–H groups in total. The molecule has 18 heavy (non-hydrogen) atoms. The van der Waals surface area contributed by atoms with E-state index in [-0.39, 0.29) is 11.0 Å². The van der Waals surface area contributed by atoms with Crippen molar-refractivity contribution in [1.29, 1.82) is 5.41 Å². The van der Waals surface area contributed by atoms with Gasteiger partial charge in [0.1, 0.15) is 7.85 Å². The second-order valence-electron chi connectivity index (χ2n) is 4.54. The molecule has 0 spiro atoms. The fourth-order valence-electron chi connectivity index (χ4n) is 1.49. The highest BCUT2D eigenvalue weighted by atomic mass is 16.0. The molecule has 0 saturated carbocycles. The molecular weight excluding hydrogens is 227 g/mol. The Hall–Kier alpha value is -1.17. The first-order valence-corrected chi connectivity index (χ1v) is 5.56. The van der Waals surface area contributed by atoms with Crippen molar-refractivity contribution in [3.63, 3.8) is 0 Å². The van der Waals surface area contributed by atoms with E-state index in [0.29, 0.717) is 6.04 Å². The maximum Gasteiger partial charge on any atom is 0.113 e. The van der Waals surface area contributed by atoms with Crippen molar-refractivity contribution in [2.24, 2.45) is 0 Å². The molecule has 0 fully saturated rings. The molecule has 0 bridgehead atoms. The van der Waals surface area contributed by atoms with E-state index in [0.717, 1.165) is 29.6 Å². The lowest BCUT2D eigenvalue weighted by molar-refractivity contribution is 0.320. The molecule has 0 aliphatic carbocycles. The molecule has 2 radical (unpaired) electrons. The van der Waals surface area contributed by atoms with Gasteiger partial charge in [0, 0.05) is 24.6 Å². The first-order valence-electron chi connectivity index (χ1n) is 5.56. The van der Waals surface area contributed by atoms with E-state index in [4.69, 9.17) is 13.3 Å². The van der Waals surface area contributed by atoms with Crippen LogP contribution in [0.5, 0.6) is 0 Å². The molecule has 0 aliphatic heterocycles. The van der Waals surface area contributed by atoms with E-state index < -0.39 is 0 Å². The number of hydrogen-bond donors (Lipinski definition) is 1. The van der Waals surface area contributed by atoms with Gasteiger partial charge in [-0.2, -0.15) is 0 Å². The van der Waals surface area contributed by atoms with Crippen LogP contribution in [0.2, 0.25) is 0 Å². The maximum absolute atomic E-state index is 7.95. The average Bonchev–Trinajstić information content (AvgIpc) is 2.21. The van der Waals surface area contributed by atoms with Crippen molar-refractivity contribution in [2.45, 2.75) is 25.8 Å². The summed E-state index contributed by atoms with van der Waals surface area (Å²) in [5.41, 5.74) is 2.70. The second-order valence-corrected chi connectivity index (χ2v) is 4.54. The summed E-state index contributed by atoms with van der Waals surface area (Å²) in [6.45, 7) is 2.14. The van der Waals surface area contributed by atoms with E-state index in [1.807, 2.05) is 38.4 Å². The van der Waals surface area contributed by atoms with Crippen LogP contribution in [0.1, 0.15) is 18.9 Å². The van der Waals surface area contributed by atoms with Crippen molar-refractivity contribution in [3.05, 3.63) is 29.8 Å². The van der Waals surface area contributed by atoms with Crippen molar-refractivity contribution < 1.29 is 11.0 Å². The van der Waals surface area contributed by atoms with Gasteiger partial charge in [-0.15, -0.1) is 0 Å². The summed E-state index contributed by atoms with van der Waals surface area (Å²) in [6, 6.07) is 8.17. The normalized spacial score (nSPS) is 11.3. The Bertz CT molecular complexity index is 353. The van der Waals surface area contributed by atoms with Crippen LogP contribution >= 0.6 is 0 Å². The number of hydrogen-bond acceptors (Lipinski definition) is 2.